The highest BCUT2D eigenvalue weighted by atomic mass is 32.2. The minimum Gasteiger partial charge on any atom is -0.493 e. The molecule has 0 bridgehead atoms. The minimum absolute atomic E-state index is 0.370. The first-order valence-corrected chi connectivity index (χ1v) is 12.0. The van der Waals surface area contributed by atoms with Gasteiger partial charge in [-0.2, -0.15) is 0 Å². The summed E-state index contributed by atoms with van der Waals surface area (Å²) in [4.78, 5) is 13.2. The van der Waals surface area contributed by atoms with Gasteiger partial charge in [-0.1, -0.05) is 84.6 Å². The molecule has 34 heavy (non-hydrogen) atoms. The van der Waals surface area contributed by atoms with E-state index < -0.39 is 17.9 Å². The first-order valence-electron chi connectivity index (χ1n) is 10.6. The zero-order chi connectivity index (χ0) is 24.1. The molecule has 1 heterocycles. The normalized spacial score (nSPS) is 16.7. The van der Waals surface area contributed by atoms with Crippen LogP contribution in [0.1, 0.15) is 22.6 Å². The lowest BCUT2D eigenvalue weighted by Crippen LogP contribution is -2.48. The Hall–Kier alpha value is -3.23. The van der Waals surface area contributed by atoms with Gasteiger partial charge in [-0.25, -0.2) is 4.79 Å². The molecule has 4 rings (SSSR count). The maximum absolute atomic E-state index is 13.2. The fourth-order valence-corrected chi connectivity index (χ4v) is 5.07. The van der Waals surface area contributed by atoms with Crippen molar-refractivity contribution < 1.29 is 23.7 Å². The van der Waals surface area contributed by atoms with Crippen molar-refractivity contribution in [1.29, 1.82) is 0 Å². The van der Waals surface area contributed by atoms with Crippen molar-refractivity contribution in [1.82, 2.24) is 5.32 Å². The van der Waals surface area contributed by atoms with E-state index in [0.717, 1.165) is 11.1 Å². The summed E-state index contributed by atoms with van der Waals surface area (Å²) in [5.41, 5.74) is 2.75. The number of hydrogen-bond acceptors (Lipinski definition) is 7. The molecule has 0 saturated carbocycles. The van der Waals surface area contributed by atoms with Crippen molar-refractivity contribution in [2.45, 2.75) is 17.7 Å². The summed E-state index contributed by atoms with van der Waals surface area (Å²) in [5.74, 6) is 1.50. The quantitative estimate of drug-likeness (QED) is 0.281. The Kier molecular flexibility index (Phi) is 7.59. The largest absolute Gasteiger partial charge is 0.493 e. The van der Waals surface area contributed by atoms with Crippen LogP contribution in [0.25, 0.3) is 0 Å². The Labute approximate surface area is 208 Å². The van der Waals surface area contributed by atoms with E-state index in [-0.39, 0.29) is 0 Å². The van der Waals surface area contributed by atoms with Gasteiger partial charge >= 0.3 is 5.97 Å². The highest BCUT2D eigenvalue weighted by Crippen LogP contribution is 2.52. The van der Waals surface area contributed by atoms with Crippen molar-refractivity contribution in [3.63, 3.8) is 0 Å². The first kappa shape index (κ1) is 23.9. The van der Waals surface area contributed by atoms with E-state index in [4.69, 9.17) is 31.2 Å². The van der Waals surface area contributed by atoms with Crippen LogP contribution >= 0.6 is 24.0 Å². The molecule has 1 aliphatic heterocycles. The van der Waals surface area contributed by atoms with Gasteiger partial charge in [0.2, 0.25) is 5.75 Å². The predicted molar refractivity (Wildman–Crippen MR) is 137 cm³/mol. The lowest BCUT2D eigenvalue weighted by molar-refractivity contribution is -0.137. The fraction of sp³-hybridized carbons (Fsp3) is 0.231. The van der Waals surface area contributed by atoms with Crippen molar-refractivity contribution in [3.05, 3.63) is 83.4 Å². The second kappa shape index (κ2) is 10.8. The molecular weight excluding hydrogens is 470 g/mol. The molecule has 0 amide bonds. The standard InChI is InChI=1S/C26H25NO5S2/c1-29-19-14-18-21(24(31-3)23(19)30-2)20(17-12-8-5-9-13-17)22(25(28)32-18)27-26(33)34-15-16-10-6-4-7-11-16/h4-14,20,22H,15H2,1-3H3,(H,27,33). The molecule has 0 fully saturated rings. The monoisotopic (exact) mass is 495 g/mol. The number of rotatable bonds is 7. The Bertz CT molecular complexity index is 1170. The Morgan fingerprint density at radius 2 is 1.62 bits per heavy atom. The minimum atomic E-state index is -0.752. The summed E-state index contributed by atoms with van der Waals surface area (Å²) in [5, 5.41) is 3.24. The number of carbonyl (C=O) groups is 1. The van der Waals surface area contributed by atoms with Crippen LogP contribution in [-0.2, 0) is 10.5 Å². The van der Waals surface area contributed by atoms with E-state index in [9.17, 15) is 4.79 Å². The molecule has 0 spiro atoms. The average Bonchev–Trinajstić information content (AvgIpc) is 2.87. The summed E-state index contributed by atoms with van der Waals surface area (Å²) in [6.07, 6.45) is 0. The van der Waals surface area contributed by atoms with Crippen LogP contribution in [0, 0.1) is 0 Å². The highest BCUT2D eigenvalue weighted by Gasteiger charge is 2.43. The predicted octanol–water partition coefficient (Wildman–Crippen LogP) is 4.94. The van der Waals surface area contributed by atoms with E-state index >= 15 is 0 Å². The van der Waals surface area contributed by atoms with Crippen LogP contribution in [0.15, 0.2) is 66.7 Å². The Morgan fingerprint density at radius 3 is 2.24 bits per heavy atom. The third-order valence-corrected chi connectivity index (χ3v) is 6.91. The molecule has 1 aliphatic rings. The number of carbonyl (C=O) groups excluding carboxylic acids is 1. The van der Waals surface area contributed by atoms with Crippen molar-refractivity contribution in [3.8, 4) is 23.0 Å². The van der Waals surface area contributed by atoms with Gasteiger partial charge in [-0.05, 0) is 11.1 Å². The summed E-state index contributed by atoms with van der Waals surface area (Å²) in [7, 11) is 4.62. The molecule has 2 atom stereocenters. The lowest BCUT2D eigenvalue weighted by atomic mass is 9.82. The molecule has 0 radical (unpaired) electrons. The van der Waals surface area contributed by atoms with Crippen LogP contribution in [0.5, 0.6) is 23.0 Å². The zero-order valence-corrected chi connectivity index (χ0v) is 20.7. The van der Waals surface area contributed by atoms with Gasteiger partial charge in [0.15, 0.2) is 11.5 Å². The number of benzene rings is 3. The molecule has 1 N–H and O–H groups in total. The third-order valence-electron chi connectivity index (χ3n) is 5.58. The SMILES string of the molecule is COc1cc2c(c(OC)c1OC)C(c1ccccc1)C(NC(=S)SCc1ccccc1)C(=O)O2. The van der Waals surface area contributed by atoms with Crippen LogP contribution in [-0.4, -0.2) is 37.7 Å². The van der Waals surface area contributed by atoms with E-state index in [0.29, 0.717) is 38.6 Å². The summed E-state index contributed by atoms with van der Waals surface area (Å²) < 4.78 is 23.1. The molecule has 3 aromatic rings. The second-order valence-electron chi connectivity index (χ2n) is 7.55. The molecule has 0 aromatic heterocycles. The van der Waals surface area contributed by atoms with Crippen LogP contribution in [0.3, 0.4) is 0 Å². The molecule has 176 valence electrons. The third kappa shape index (κ3) is 4.83. The van der Waals surface area contributed by atoms with E-state index in [1.807, 2.05) is 60.7 Å². The van der Waals surface area contributed by atoms with Crippen LogP contribution in [0.2, 0.25) is 0 Å². The summed E-state index contributed by atoms with van der Waals surface area (Å²) in [6, 6.07) is 20.7. The van der Waals surface area contributed by atoms with Crippen molar-refractivity contribution >= 4 is 34.3 Å². The number of thiocarbonyl (C=S) groups is 1. The molecule has 8 heteroatoms. The van der Waals surface area contributed by atoms with Gasteiger partial charge in [0, 0.05) is 17.7 Å². The molecule has 6 nitrogen and oxygen atoms in total. The zero-order valence-electron chi connectivity index (χ0n) is 19.1. The number of methoxy groups -OCH3 is 3. The van der Waals surface area contributed by atoms with Gasteiger partial charge < -0.3 is 24.3 Å². The topological polar surface area (TPSA) is 66.0 Å². The molecule has 0 saturated heterocycles. The van der Waals surface area contributed by atoms with E-state index in [2.05, 4.69) is 5.32 Å². The van der Waals surface area contributed by atoms with Crippen molar-refractivity contribution in [2.24, 2.45) is 0 Å². The number of thioether (sulfide) groups is 1. The smallest absolute Gasteiger partial charge is 0.335 e. The maximum Gasteiger partial charge on any atom is 0.335 e. The van der Waals surface area contributed by atoms with E-state index in [1.165, 1.54) is 18.9 Å². The first-order chi connectivity index (χ1) is 16.6. The van der Waals surface area contributed by atoms with Gasteiger partial charge in [-0.15, -0.1) is 0 Å². The number of ether oxygens (including phenoxy) is 4. The maximum atomic E-state index is 13.2. The molecule has 0 aliphatic carbocycles. The van der Waals surface area contributed by atoms with Gasteiger partial charge in [0.1, 0.15) is 16.1 Å². The second-order valence-corrected chi connectivity index (χ2v) is 9.20. The lowest BCUT2D eigenvalue weighted by Gasteiger charge is -2.35. The molecular formula is C26H25NO5S2. The number of fused-ring (bicyclic) bond motifs is 1. The highest BCUT2D eigenvalue weighted by molar-refractivity contribution is 8.22. The van der Waals surface area contributed by atoms with E-state index in [1.54, 1.807) is 20.3 Å². The number of nitrogens with one attached hydrogen (secondary N) is 1. The Balaban J connectivity index is 1.73. The Morgan fingerprint density at radius 1 is 0.971 bits per heavy atom. The fourth-order valence-electron chi connectivity index (χ4n) is 4.06. The van der Waals surface area contributed by atoms with Gasteiger partial charge in [0.05, 0.1) is 26.9 Å². The number of esters is 1. The molecule has 3 aromatic carbocycles. The van der Waals surface area contributed by atoms with Gasteiger partial charge in [-0.3, -0.25) is 0 Å². The van der Waals surface area contributed by atoms with Crippen LogP contribution in [0.4, 0.5) is 0 Å². The summed E-state index contributed by atoms with van der Waals surface area (Å²) >= 11 is 7.07. The van der Waals surface area contributed by atoms with Gasteiger partial charge in [0.25, 0.3) is 0 Å². The summed E-state index contributed by atoms with van der Waals surface area (Å²) in [6.45, 7) is 0. The average molecular weight is 496 g/mol. The van der Waals surface area contributed by atoms with Crippen molar-refractivity contribution in [2.75, 3.05) is 21.3 Å². The van der Waals surface area contributed by atoms with Crippen LogP contribution < -0.4 is 24.3 Å². The molecule has 2 unspecified atom stereocenters. The number of hydrogen-bond donors (Lipinski definition) is 1.